The highest BCUT2D eigenvalue weighted by Crippen LogP contribution is 2.60. The topological polar surface area (TPSA) is 89.6 Å². The number of hydrogen-bond donors (Lipinski definition) is 2. The summed E-state index contributed by atoms with van der Waals surface area (Å²) >= 11 is 0. The molecule has 1 saturated heterocycles. The van der Waals surface area contributed by atoms with E-state index in [-0.39, 0.29) is 36.3 Å². The average Bonchev–Trinajstić information content (AvgIpc) is 2.46. The lowest BCUT2D eigenvalue weighted by Gasteiger charge is -2.37. The summed E-state index contributed by atoms with van der Waals surface area (Å²) < 4.78 is 17.6. The van der Waals surface area contributed by atoms with E-state index in [2.05, 4.69) is 0 Å². The second-order valence-electron chi connectivity index (χ2n) is 5.18. The van der Waals surface area contributed by atoms with Gasteiger partial charge in [-0.1, -0.05) is 36.8 Å². The van der Waals surface area contributed by atoms with Crippen molar-refractivity contribution in [2.75, 3.05) is 12.7 Å². The highest BCUT2D eigenvalue weighted by molar-refractivity contribution is 8.93. The number of carbonyl (C=O) groups excluding carboxylic acids is 1. The Morgan fingerprint density at radius 3 is 2.57 bits per heavy atom. The molecule has 21 heavy (non-hydrogen) atoms. The summed E-state index contributed by atoms with van der Waals surface area (Å²) in [5, 5.41) is -1.42. The van der Waals surface area contributed by atoms with Crippen LogP contribution in [0.5, 0.6) is 0 Å². The zero-order valence-corrected chi connectivity index (χ0v) is 14.3. The van der Waals surface area contributed by atoms with Gasteiger partial charge in [0.1, 0.15) is 6.61 Å². The van der Waals surface area contributed by atoms with Crippen LogP contribution in [0.25, 0.3) is 0 Å². The van der Waals surface area contributed by atoms with Crippen molar-refractivity contribution < 1.29 is 19.0 Å². The Morgan fingerprint density at radius 2 is 2.00 bits per heavy atom. The Balaban J connectivity index is 0.00000220. The zero-order chi connectivity index (χ0) is 14.6. The maximum absolute atomic E-state index is 12.3. The summed E-state index contributed by atoms with van der Waals surface area (Å²) in [7, 11) is -3.60. The van der Waals surface area contributed by atoms with Gasteiger partial charge in [0.05, 0.1) is 0 Å². The first-order chi connectivity index (χ1) is 9.52. The highest BCUT2D eigenvalue weighted by Gasteiger charge is 2.54. The number of rotatable bonds is 4. The normalized spacial score (nSPS) is 28.5. The minimum atomic E-state index is -3.60. The highest BCUT2D eigenvalue weighted by atomic mass is 79.9. The zero-order valence-electron chi connectivity index (χ0n) is 11.7. The van der Waals surface area contributed by atoms with Gasteiger partial charge >= 0.3 is 5.97 Å². The third-order valence-corrected chi connectivity index (χ3v) is 6.75. The molecule has 1 fully saturated rings. The van der Waals surface area contributed by atoms with E-state index in [1.54, 1.807) is 0 Å². The van der Waals surface area contributed by atoms with Crippen molar-refractivity contribution in [1.82, 2.24) is 0 Å². The van der Waals surface area contributed by atoms with Crippen LogP contribution in [0, 0.1) is 0 Å². The van der Waals surface area contributed by atoms with Gasteiger partial charge in [-0.2, -0.15) is 0 Å². The second kappa shape index (κ2) is 7.54. The third kappa shape index (κ3) is 3.75. The van der Waals surface area contributed by atoms with E-state index in [0.717, 1.165) is 12.0 Å². The standard InChI is InChI=1S/C14H20NO4P.BrH/c15-11-14(8-4-5-9-20(14,17)18)13(16)19-10-12-6-2-1-3-7-12;/h1-3,6-7H,4-5,8-11,15H2,(H,17,18);1H. The van der Waals surface area contributed by atoms with Crippen molar-refractivity contribution in [2.45, 2.75) is 31.0 Å². The van der Waals surface area contributed by atoms with Gasteiger partial charge < -0.3 is 15.4 Å². The largest absolute Gasteiger partial charge is 0.460 e. The van der Waals surface area contributed by atoms with Gasteiger partial charge in [0.25, 0.3) is 0 Å². The van der Waals surface area contributed by atoms with Crippen molar-refractivity contribution >= 4 is 30.3 Å². The molecule has 5 nitrogen and oxygen atoms in total. The molecule has 0 bridgehead atoms. The van der Waals surface area contributed by atoms with Crippen molar-refractivity contribution in [3.8, 4) is 0 Å². The first kappa shape index (κ1) is 18.4. The molecule has 0 saturated carbocycles. The molecule has 118 valence electrons. The lowest BCUT2D eigenvalue weighted by atomic mass is 10.0. The minimum Gasteiger partial charge on any atom is -0.460 e. The van der Waals surface area contributed by atoms with E-state index in [1.165, 1.54) is 0 Å². The molecule has 1 aromatic carbocycles. The van der Waals surface area contributed by atoms with Crippen LogP contribution in [-0.4, -0.2) is 28.7 Å². The molecule has 0 aliphatic carbocycles. The van der Waals surface area contributed by atoms with E-state index in [1.807, 2.05) is 30.3 Å². The second-order valence-corrected chi connectivity index (χ2v) is 7.89. The van der Waals surface area contributed by atoms with Crippen LogP contribution in [0.15, 0.2) is 30.3 Å². The van der Waals surface area contributed by atoms with Gasteiger partial charge in [-0.3, -0.25) is 9.36 Å². The van der Waals surface area contributed by atoms with Gasteiger partial charge in [0.15, 0.2) is 5.16 Å². The summed E-state index contributed by atoms with van der Waals surface area (Å²) in [5.41, 5.74) is 6.49. The number of carbonyl (C=O) groups is 1. The number of ether oxygens (including phenoxy) is 1. The fourth-order valence-corrected chi connectivity index (χ4v) is 4.79. The summed E-state index contributed by atoms with van der Waals surface area (Å²) in [6.45, 7) is -0.0458. The monoisotopic (exact) mass is 377 g/mol. The Labute approximate surface area is 135 Å². The molecule has 7 heteroatoms. The molecule has 2 atom stereocenters. The predicted molar refractivity (Wildman–Crippen MR) is 86.9 cm³/mol. The minimum absolute atomic E-state index is 0. The molecule has 1 aromatic rings. The number of hydrogen-bond acceptors (Lipinski definition) is 4. The van der Waals surface area contributed by atoms with Crippen molar-refractivity contribution in [2.24, 2.45) is 5.73 Å². The summed E-state index contributed by atoms with van der Waals surface area (Å²) in [5.74, 6) is -0.644. The Morgan fingerprint density at radius 1 is 1.33 bits per heavy atom. The van der Waals surface area contributed by atoms with E-state index < -0.39 is 18.5 Å². The number of benzene rings is 1. The molecule has 0 spiro atoms. The summed E-state index contributed by atoms with van der Waals surface area (Å²) in [6.07, 6.45) is 1.85. The smallest absolute Gasteiger partial charge is 0.323 e. The van der Waals surface area contributed by atoms with E-state index in [4.69, 9.17) is 10.5 Å². The molecular formula is C14H21BrNO4P. The molecule has 1 aliphatic rings. The maximum atomic E-state index is 12.3. The molecule has 1 aliphatic heterocycles. The Hall–Kier alpha value is -0.680. The molecule has 1 heterocycles. The molecule has 2 unspecified atom stereocenters. The SMILES string of the molecule is Br.NCC1(C(=O)OCc2ccccc2)CCCCP1(=O)O. The first-order valence-electron chi connectivity index (χ1n) is 6.75. The van der Waals surface area contributed by atoms with Crippen LogP contribution in [0.2, 0.25) is 0 Å². The number of nitrogens with two attached hydrogens (primary N) is 1. The van der Waals surface area contributed by atoms with Crippen LogP contribution in [0.3, 0.4) is 0 Å². The van der Waals surface area contributed by atoms with Crippen LogP contribution >= 0.6 is 24.4 Å². The molecule has 0 aromatic heterocycles. The predicted octanol–water partition coefficient (Wildman–Crippen LogP) is 2.46. The van der Waals surface area contributed by atoms with Crippen LogP contribution in [0.4, 0.5) is 0 Å². The fourth-order valence-electron chi connectivity index (χ4n) is 2.56. The van der Waals surface area contributed by atoms with Gasteiger partial charge in [-0.25, -0.2) is 0 Å². The van der Waals surface area contributed by atoms with E-state index in [9.17, 15) is 14.3 Å². The van der Waals surface area contributed by atoms with Crippen molar-refractivity contribution in [3.63, 3.8) is 0 Å². The van der Waals surface area contributed by atoms with Gasteiger partial charge in [-0.05, 0) is 18.4 Å². The number of esters is 1. The Bertz CT molecular complexity index is 525. The Kier molecular flexibility index (Phi) is 6.60. The van der Waals surface area contributed by atoms with Gasteiger partial charge in [0.2, 0.25) is 7.37 Å². The van der Waals surface area contributed by atoms with Crippen LogP contribution in [-0.2, 0) is 20.7 Å². The lowest BCUT2D eigenvalue weighted by molar-refractivity contribution is -0.148. The first-order valence-corrected chi connectivity index (χ1v) is 8.59. The van der Waals surface area contributed by atoms with Gasteiger partial charge in [0, 0.05) is 12.7 Å². The number of halogens is 1. The van der Waals surface area contributed by atoms with Crippen molar-refractivity contribution in [1.29, 1.82) is 0 Å². The van der Waals surface area contributed by atoms with E-state index >= 15 is 0 Å². The van der Waals surface area contributed by atoms with Crippen LogP contribution < -0.4 is 5.73 Å². The quantitative estimate of drug-likeness (QED) is 0.621. The molecule has 0 amide bonds. The fraction of sp³-hybridized carbons (Fsp3) is 0.500. The summed E-state index contributed by atoms with van der Waals surface area (Å²) in [4.78, 5) is 22.4. The van der Waals surface area contributed by atoms with Gasteiger partial charge in [-0.15, -0.1) is 17.0 Å². The third-order valence-electron chi connectivity index (χ3n) is 3.90. The average molecular weight is 378 g/mol. The summed E-state index contributed by atoms with van der Waals surface area (Å²) in [6, 6.07) is 9.23. The van der Waals surface area contributed by atoms with Crippen LogP contribution in [0.1, 0.15) is 24.8 Å². The molecule has 2 rings (SSSR count). The van der Waals surface area contributed by atoms with E-state index in [0.29, 0.717) is 12.8 Å². The van der Waals surface area contributed by atoms with Crippen molar-refractivity contribution in [3.05, 3.63) is 35.9 Å². The molecule has 0 radical (unpaired) electrons. The lowest BCUT2D eigenvalue weighted by Crippen LogP contribution is -2.48. The molecular weight excluding hydrogens is 357 g/mol. The maximum Gasteiger partial charge on any atom is 0.323 e. The molecule has 3 N–H and O–H groups in total.